The first-order valence-corrected chi connectivity index (χ1v) is 6.93. The van der Waals surface area contributed by atoms with E-state index < -0.39 is 15.9 Å². The van der Waals surface area contributed by atoms with Crippen LogP contribution >= 0.6 is 0 Å². The number of rotatable bonds is 3. The smallest absolute Gasteiger partial charge is 0.248 e. The van der Waals surface area contributed by atoms with E-state index in [9.17, 15) is 13.2 Å². The summed E-state index contributed by atoms with van der Waals surface area (Å²) in [5.74, 6) is -0.644. The maximum Gasteiger partial charge on any atom is 0.248 e. The summed E-state index contributed by atoms with van der Waals surface area (Å²) in [5.41, 5.74) is 5.32. The van der Waals surface area contributed by atoms with E-state index in [0.717, 1.165) is 0 Å². The van der Waals surface area contributed by atoms with Crippen LogP contribution < -0.4 is 5.73 Å². The molecule has 0 radical (unpaired) electrons. The fourth-order valence-electron chi connectivity index (χ4n) is 1.75. The number of primary amides is 1. The van der Waals surface area contributed by atoms with Crippen LogP contribution in [0.4, 0.5) is 0 Å². The predicted molar refractivity (Wildman–Crippen MR) is 64.5 cm³/mol. The lowest BCUT2D eigenvalue weighted by Crippen LogP contribution is -2.40. The molecule has 1 aromatic carbocycles. The first kappa shape index (κ1) is 13.0. The molecular formula is C11H14N2O4S. The lowest BCUT2D eigenvalue weighted by Gasteiger charge is -2.26. The van der Waals surface area contributed by atoms with E-state index >= 15 is 0 Å². The van der Waals surface area contributed by atoms with E-state index in [4.69, 9.17) is 10.5 Å². The molecule has 1 aliphatic rings. The monoisotopic (exact) mass is 270 g/mol. The quantitative estimate of drug-likeness (QED) is 0.824. The maximum absolute atomic E-state index is 12.3. The largest absolute Gasteiger partial charge is 0.379 e. The summed E-state index contributed by atoms with van der Waals surface area (Å²) in [6.45, 7) is 1.41. The van der Waals surface area contributed by atoms with E-state index in [2.05, 4.69) is 0 Å². The van der Waals surface area contributed by atoms with Gasteiger partial charge in [-0.1, -0.05) is 6.07 Å². The summed E-state index contributed by atoms with van der Waals surface area (Å²) in [4.78, 5) is 11.1. The number of hydrogen-bond acceptors (Lipinski definition) is 4. The fourth-order valence-corrected chi connectivity index (χ4v) is 3.20. The normalized spacial score (nSPS) is 17.6. The number of benzene rings is 1. The molecule has 1 aromatic rings. The lowest BCUT2D eigenvalue weighted by atomic mass is 10.2. The van der Waals surface area contributed by atoms with Gasteiger partial charge in [0.1, 0.15) is 0 Å². The maximum atomic E-state index is 12.3. The van der Waals surface area contributed by atoms with Gasteiger partial charge in [-0.3, -0.25) is 4.79 Å². The number of nitrogens with two attached hydrogens (primary N) is 1. The van der Waals surface area contributed by atoms with Crippen molar-refractivity contribution in [2.45, 2.75) is 4.90 Å². The third-order valence-electron chi connectivity index (χ3n) is 2.73. The van der Waals surface area contributed by atoms with Crippen molar-refractivity contribution in [3.63, 3.8) is 0 Å². The molecule has 2 rings (SSSR count). The van der Waals surface area contributed by atoms with E-state index in [0.29, 0.717) is 26.3 Å². The van der Waals surface area contributed by atoms with Crippen molar-refractivity contribution in [2.24, 2.45) is 5.73 Å². The number of amides is 1. The van der Waals surface area contributed by atoms with Crippen LogP contribution in [-0.4, -0.2) is 44.9 Å². The number of carbonyl (C=O) groups excluding carboxylic acids is 1. The molecule has 0 unspecified atom stereocenters. The third-order valence-corrected chi connectivity index (χ3v) is 4.62. The number of carbonyl (C=O) groups is 1. The average Bonchev–Trinajstić information content (AvgIpc) is 2.40. The molecule has 18 heavy (non-hydrogen) atoms. The molecular weight excluding hydrogens is 256 g/mol. The van der Waals surface area contributed by atoms with Crippen LogP contribution in [0.15, 0.2) is 29.2 Å². The number of nitrogens with zero attached hydrogens (tertiary/aromatic N) is 1. The van der Waals surface area contributed by atoms with Crippen molar-refractivity contribution in [3.8, 4) is 0 Å². The minimum atomic E-state index is -3.57. The van der Waals surface area contributed by atoms with Crippen molar-refractivity contribution < 1.29 is 17.9 Å². The van der Waals surface area contributed by atoms with Gasteiger partial charge in [0.05, 0.1) is 18.1 Å². The van der Waals surface area contributed by atoms with Crippen LogP contribution in [-0.2, 0) is 14.8 Å². The van der Waals surface area contributed by atoms with Gasteiger partial charge in [0, 0.05) is 18.7 Å². The van der Waals surface area contributed by atoms with Gasteiger partial charge in [0.25, 0.3) is 0 Å². The Morgan fingerprint density at radius 2 is 1.94 bits per heavy atom. The third kappa shape index (κ3) is 2.53. The number of morpholine rings is 1. The zero-order chi connectivity index (χ0) is 13.2. The number of sulfonamides is 1. The zero-order valence-corrected chi connectivity index (χ0v) is 10.5. The fraction of sp³-hybridized carbons (Fsp3) is 0.364. The van der Waals surface area contributed by atoms with Crippen LogP contribution in [0.1, 0.15) is 10.4 Å². The van der Waals surface area contributed by atoms with E-state index in [1.165, 1.54) is 28.6 Å². The highest BCUT2D eigenvalue weighted by Gasteiger charge is 2.26. The number of hydrogen-bond donors (Lipinski definition) is 1. The van der Waals surface area contributed by atoms with Gasteiger partial charge in [-0.05, 0) is 18.2 Å². The molecule has 1 amide bonds. The Bertz CT molecular complexity index is 550. The molecule has 1 fully saturated rings. The van der Waals surface area contributed by atoms with Crippen LogP contribution in [0.25, 0.3) is 0 Å². The molecule has 1 heterocycles. The van der Waals surface area contributed by atoms with Crippen LogP contribution in [0.2, 0.25) is 0 Å². The van der Waals surface area contributed by atoms with Gasteiger partial charge in [-0.2, -0.15) is 4.31 Å². The predicted octanol–water partition coefficient (Wildman–Crippen LogP) is -0.194. The Balaban J connectivity index is 2.34. The standard InChI is InChI=1S/C11H14N2O4S/c12-11(14)9-2-1-3-10(8-9)18(15,16)13-4-6-17-7-5-13/h1-3,8H,4-7H2,(H2,12,14). The molecule has 2 N–H and O–H groups in total. The SMILES string of the molecule is NC(=O)c1cccc(S(=O)(=O)N2CCOCC2)c1. The highest BCUT2D eigenvalue weighted by atomic mass is 32.2. The summed E-state index contributed by atoms with van der Waals surface area (Å²) in [6.07, 6.45) is 0. The molecule has 0 spiro atoms. The molecule has 0 aromatic heterocycles. The number of ether oxygens (including phenoxy) is 1. The van der Waals surface area contributed by atoms with Gasteiger partial charge >= 0.3 is 0 Å². The second-order valence-electron chi connectivity index (χ2n) is 3.91. The molecule has 7 heteroatoms. The van der Waals surface area contributed by atoms with Crippen molar-refractivity contribution >= 4 is 15.9 Å². The molecule has 1 saturated heterocycles. The Kier molecular flexibility index (Phi) is 3.65. The summed E-state index contributed by atoms with van der Waals surface area (Å²) in [7, 11) is -3.57. The first-order chi connectivity index (χ1) is 8.51. The molecule has 0 atom stereocenters. The first-order valence-electron chi connectivity index (χ1n) is 5.49. The molecule has 1 aliphatic heterocycles. The van der Waals surface area contributed by atoms with Gasteiger partial charge in [0.15, 0.2) is 0 Å². The Labute approximate surface area is 105 Å². The van der Waals surface area contributed by atoms with Crippen molar-refractivity contribution in [3.05, 3.63) is 29.8 Å². The summed E-state index contributed by atoms with van der Waals surface area (Å²) >= 11 is 0. The second-order valence-corrected chi connectivity index (χ2v) is 5.85. The Morgan fingerprint density at radius 3 is 2.56 bits per heavy atom. The Hall–Kier alpha value is -1.44. The minimum absolute atomic E-state index is 0.0840. The summed E-state index contributed by atoms with van der Waals surface area (Å²) in [5, 5.41) is 0. The highest BCUT2D eigenvalue weighted by molar-refractivity contribution is 7.89. The highest BCUT2D eigenvalue weighted by Crippen LogP contribution is 2.18. The van der Waals surface area contributed by atoms with Gasteiger partial charge in [-0.25, -0.2) is 8.42 Å². The summed E-state index contributed by atoms with van der Waals surface area (Å²) < 4.78 is 31.0. The van der Waals surface area contributed by atoms with Gasteiger partial charge in [-0.15, -0.1) is 0 Å². The molecule has 0 aliphatic carbocycles. The van der Waals surface area contributed by atoms with Crippen LogP contribution in [0.3, 0.4) is 0 Å². The molecule has 0 saturated carbocycles. The molecule has 6 nitrogen and oxygen atoms in total. The lowest BCUT2D eigenvalue weighted by molar-refractivity contribution is 0.0730. The van der Waals surface area contributed by atoms with Crippen molar-refractivity contribution in [1.29, 1.82) is 0 Å². The molecule has 0 bridgehead atoms. The van der Waals surface area contributed by atoms with Crippen LogP contribution in [0, 0.1) is 0 Å². The average molecular weight is 270 g/mol. The topological polar surface area (TPSA) is 89.7 Å². The van der Waals surface area contributed by atoms with Gasteiger partial charge < -0.3 is 10.5 Å². The minimum Gasteiger partial charge on any atom is -0.379 e. The van der Waals surface area contributed by atoms with Crippen LogP contribution in [0.5, 0.6) is 0 Å². The van der Waals surface area contributed by atoms with E-state index in [-0.39, 0.29) is 10.5 Å². The second kappa shape index (κ2) is 5.05. The zero-order valence-electron chi connectivity index (χ0n) is 9.70. The van der Waals surface area contributed by atoms with Gasteiger partial charge in [0.2, 0.25) is 15.9 Å². The Morgan fingerprint density at radius 1 is 1.28 bits per heavy atom. The van der Waals surface area contributed by atoms with Crippen molar-refractivity contribution in [2.75, 3.05) is 26.3 Å². The summed E-state index contributed by atoms with van der Waals surface area (Å²) in [6, 6.07) is 5.75. The van der Waals surface area contributed by atoms with E-state index in [1.807, 2.05) is 0 Å². The van der Waals surface area contributed by atoms with Crippen molar-refractivity contribution in [1.82, 2.24) is 4.31 Å². The van der Waals surface area contributed by atoms with E-state index in [1.54, 1.807) is 0 Å². The molecule has 98 valence electrons.